The van der Waals surface area contributed by atoms with Crippen LogP contribution in [0.25, 0.3) is 0 Å². The molecule has 0 saturated heterocycles. The summed E-state index contributed by atoms with van der Waals surface area (Å²) in [4.78, 5) is 10.8. The van der Waals surface area contributed by atoms with Gasteiger partial charge in [0.25, 0.3) is 5.12 Å². The monoisotopic (exact) mass is 236 g/mol. The Bertz CT molecular complexity index is 269. The largest absolute Gasteiger partial charge is 0.328 e. The van der Waals surface area contributed by atoms with Crippen molar-refractivity contribution in [3.8, 4) is 0 Å². The molecule has 0 saturated carbocycles. The van der Waals surface area contributed by atoms with Gasteiger partial charge < -0.3 is 0 Å². The van der Waals surface area contributed by atoms with Crippen LogP contribution in [0.15, 0.2) is 0 Å². The lowest BCUT2D eigenvalue weighted by atomic mass is 10.1. The highest BCUT2D eigenvalue weighted by Crippen LogP contribution is 2.09. The molecule has 15 heavy (non-hydrogen) atoms. The molecule has 4 nitrogen and oxygen atoms in total. The van der Waals surface area contributed by atoms with E-state index in [1.807, 2.05) is 0 Å². The normalized spacial score (nSPS) is 11.6. The fourth-order valence-electron chi connectivity index (χ4n) is 1.36. The molecule has 0 amide bonds. The van der Waals surface area contributed by atoms with Crippen molar-refractivity contribution in [3.05, 3.63) is 0 Å². The maximum Gasteiger partial charge on any atom is 0.328 e. The fourth-order valence-corrected chi connectivity index (χ4v) is 1.76. The van der Waals surface area contributed by atoms with E-state index in [1.54, 1.807) is 0 Å². The molecule has 5 heteroatoms. The Labute approximate surface area is 91.8 Å². The van der Waals surface area contributed by atoms with Crippen LogP contribution >= 0.6 is 0 Å². The molecule has 0 aliphatic heterocycles. The predicted molar refractivity (Wildman–Crippen MR) is 59.2 cm³/mol. The highest BCUT2D eigenvalue weighted by atomic mass is 32.2. The van der Waals surface area contributed by atoms with Crippen molar-refractivity contribution in [2.75, 3.05) is 0 Å². The molecule has 0 bridgehead atoms. The fraction of sp³-hybridized carbons (Fsp3) is 0.900. The Hall–Kier alpha value is -0.420. The van der Waals surface area contributed by atoms with Gasteiger partial charge in [0.2, 0.25) is 0 Å². The van der Waals surface area contributed by atoms with Crippen molar-refractivity contribution in [3.63, 3.8) is 0 Å². The van der Waals surface area contributed by atoms with Crippen LogP contribution in [-0.2, 0) is 14.9 Å². The topological polar surface area (TPSA) is 71.4 Å². The zero-order valence-corrected chi connectivity index (χ0v) is 10.1. The lowest BCUT2D eigenvalue weighted by molar-refractivity contribution is -0.112. The minimum absolute atomic E-state index is 0.0629. The molecule has 0 radical (unpaired) electrons. The number of hydrogen-bond donors (Lipinski definition) is 1. The Morgan fingerprint density at radius 2 is 1.47 bits per heavy atom. The molecular weight excluding hydrogens is 216 g/mol. The molecule has 0 fully saturated rings. The van der Waals surface area contributed by atoms with Crippen LogP contribution in [0.3, 0.4) is 0 Å². The van der Waals surface area contributed by atoms with Gasteiger partial charge in [0.1, 0.15) is 0 Å². The first kappa shape index (κ1) is 14.6. The van der Waals surface area contributed by atoms with Gasteiger partial charge in [-0.15, -0.1) is 0 Å². The summed E-state index contributed by atoms with van der Waals surface area (Å²) in [6.07, 6.45) is 7.11. The lowest BCUT2D eigenvalue weighted by Gasteiger charge is -1.99. The molecule has 0 aromatic heterocycles. The van der Waals surface area contributed by atoms with Gasteiger partial charge in [0.05, 0.1) is 0 Å². The number of unbranched alkanes of at least 4 members (excludes halogenated alkanes) is 6. The minimum atomic E-state index is -4.44. The second kappa shape index (κ2) is 7.82. The molecule has 0 heterocycles. The summed E-state index contributed by atoms with van der Waals surface area (Å²) < 4.78 is 29.1. The van der Waals surface area contributed by atoms with Gasteiger partial charge in [-0.25, -0.2) is 0 Å². The van der Waals surface area contributed by atoms with Crippen molar-refractivity contribution >= 4 is 15.2 Å². The lowest BCUT2D eigenvalue weighted by Crippen LogP contribution is -2.12. The number of hydrogen-bond acceptors (Lipinski definition) is 3. The van der Waals surface area contributed by atoms with E-state index in [9.17, 15) is 13.2 Å². The van der Waals surface area contributed by atoms with E-state index in [0.29, 0.717) is 6.42 Å². The highest BCUT2D eigenvalue weighted by molar-refractivity contribution is 8.01. The molecule has 0 aliphatic carbocycles. The molecule has 0 aromatic carbocycles. The third kappa shape index (κ3) is 8.57. The van der Waals surface area contributed by atoms with Crippen LogP contribution in [0.4, 0.5) is 0 Å². The first-order chi connectivity index (χ1) is 6.98. The SMILES string of the molecule is CCCCCCCCCC(=O)S(=O)(=O)O. The summed E-state index contributed by atoms with van der Waals surface area (Å²) in [6.45, 7) is 2.14. The maximum atomic E-state index is 10.8. The van der Waals surface area contributed by atoms with Gasteiger partial charge in [-0.3, -0.25) is 9.35 Å². The van der Waals surface area contributed by atoms with Crippen LogP contribution < -0.4 is 0 Å². The van der Waals surface area contributed by atoms with Crippen LogP contribution in [-0.4, -0.2) is 18.1 Å². The Balaban J connectivity index is 3.36. The predicted octanol–water partition coefficient (Wildman–Crippen LogP) is 2.54. The standard InChI is InChI=1S/C10H20O4S/c1-2-3-4-5-6-7-8-9-10(11)15(12,13)14/h2-9H2,1H3,(H,12,13,14). The Morgan fingerprint density at radius 1 is 1.00 bits per heavy atom. The van der Waals surface area contributed by atoms with E-state index in [0.717, 1.165) is 19.3 Å². The van der Waals surface area contributed by atoms with E-state index < -0.39 is 15.2 Å². The number of carbonyl (C=O) groups is 1. The maximum absolute atomic E-state index is 10.8. The van der Waals surface area contributed by atoms with Crippen molar-refractivity contribution in [2.24, 2.45) is 0 Å². The Kier molecular flexibility index (Phi) is 7.60. The summed E-state index contributed by atoms with van der Waals surface area (Å²) in [6, 6.07) is 0. The first-order valence-corrected chi connectivity index (χ1v) is 6.92. The highest BCUT2D eigenvalue weighted by Gasteiger charge is 2.16. The van der Waals surface area contributed by atoms with E-state index in [2.05, 4.69) is 6.92 Å². The van der Waals surface area contributed by atoms with Gasteiger partial charge >= 0.3 is 10.1 Å². The van der Waals surface area contributed by atoms with Gasteiger partial charge in [-0.2, -0.15) is 8.42 Å². The number of carbonyl (C=O) groups excluding carboxylic acids is 1. The van der Waals surface area contributed by atoms with Crippen molar-refractivity contribution in [1.29, 1.82) is 0 Å². The van der Waals surface area contributed by atoms with Gasteiger partial charge in [0, 0.05) is 6.42 Å². The van der Waals surface area contributed by atoms with Crippen LogP contribution in [0.2, 0.25) is 0 Å². The molecule has 0 unspecified atom stereocenters. The van der Waals surface area contributed by atoms with Crippen LogP contribution in [0.1, 0.15) is 58.3 Å². The summed E-state index contributed by atoms with van der Waals surface area (Å²) in [5, 5.41) is -1.06. The van der Waals surface area contributed by atoms with Gasteiger partial charge in [0.15, 0.2) is 0 Å². The molecule has 1 N–H and O–H groups in total. The molecular formula is C10H20O4S. The smallest absolute Gasteiger partial charge is 0.280 e. The summed E-state index contributed by atoms with van der Waals surface area (Å²) >= 11 is 0. The quantitative estimate of drug-likeness (QED) is 0.519. The molecule has 90 valence electrons. The molecule has 0 atom stereocenters. The molecule has 0 aliphatic rings. The van der Waals surface area contributed by atoms with Crippen LogP contribution in [0, 0.1) is 0 Å². The molecule has 0 aromatic rings. The van der Waals surface area contributed by atoms with Gasteiger partial charge in [-0.1, -0.05) is 45.4 Å². The number of rotatable bonds is 8. The van der Waals surface area contributed by atoms with E-state index >= 15 is 0 Å². The van der Waals surface area contributed by atoms with E-state index in [4.69, 9.17) is 4.55 Å². The molecule has 0 spiro atoms. The third-order valence-corrected chi connectivity index (χ3v) is 3.05. The summed E-state index contributed by atoms with van der Waals surface area (Å²) in [7, 11) is -4.44. The van der Waals surface area contributed by atoms with Gasteiger partial charge in [-0.05, 0) is 6.42 Å². The average Bonchev–Trinajstić information content (AvgIpc) is 2.14. The zero-order chi connectivity index (χ0) is 11.7. The Morgan fingerprint density at radius 3 is 1.93 bits per heavy atom. The van der Waals surface area contributed by atoms with Crippen molar-refractivity contribution < 1.29 is 17.8 Å². The second-order valence-corrected chi connectivity index (χ2v) is 5.12. The average molecular weight is 236 g/mol. The van der Waals surface area contributed by atoms with Crippen molar-refractivity contribution in [1.82, 2.24) is 0 Å². The van der Waals surface area contributed by atoms with Crippen molar-refractivity contribution in [2.45, 2.75) is 58.3 Å². The molecule has 0 rings (SSSR count). The summed E-state index contributed by atoms with van der Waals surface area (Å²) in [5.41, 5.74) is 0. The summed E-state index contributed by atoms with van der Waals surface area (Å²) in [5.74, 6) is 0. The zero-order valence-electron chi connectivity index (χ0n) is 9.24. The minimum Gasteiger partial charge on any atom is -0.280 e. The first-order valence-electron chi connectivity index (χ1n) is 5.48. The van der Waals surface area contributed by atoms with Crippen LogP contribution in [0.5, 0.6) is 0 Å². The van der Waals surface area contributed by atoms with E-state index in [1.165, 1.54) is 19.3 Å². The third-order valence-electron chi connectivity index (χ3n) is 2.27. The van der Waals surface area contributed by atoms with E-state index in [-0.39, 0.29) is 6.42 Å². The second-order valence-electron chi connectivity index (χ2n) is 3.72.